The number of benzene rings is 1. The highest BCUT2D eigenvalue weighted by molar-refractivity contribution is 7.22. The van der Waals surface area contributed by atoms with Crippen LogP contribution in [0.3, 0.4) is 0 Å². The summed E-state index contributed by atoms with van der Waals surface area (Å²) in [7, 11) is 0. The molecule has 0 spiro atoms. The Morgan fingerprint density at radius 1 is 1.07 bits per heavy atom. The molecule has 1 aliphatic rings. The van der Waals surface area contributed by atoms with Crippen molar-refractivity contribution in [1.82, 2.24) is 15.0 Å². The van der Waals surface area contributed by atoms with Crippen LogP contribution in [0.1, 0.15) is 25.7 Å². The first-order valence-electron chi connectivity index (χ1n) is 9.63. The van der Waals surface area contributed by atoms with Crippen molar-refractivity contribution >= 4 is 26.7 Å². The van der Waals surface area contributed by atoms with Gasteiger partial charge in [-0.1, -0.05) is 24.2 Å². The fourth-order valence-corrected chi connectivity index (χ4v) is 4.50. The molecular formula is C21H20N4O3S. The van der Waals surface area contributed by atoms with Gasteiger partial charge in [0.25, 0.3) is 0 Å². The lowest BCUT2D eigenvalue weighted by Crippen LogP contribution is -2.36. The Labute approximate surface area is 171 Å². The van der Waals surface area contributed by atoms with Crippen LogP contribution in [0, 0.1) is 0 Å². The molecule has 7 nitrogen and oxygen atoms in total. The molecule has 1 fully saturated rings. The van der Waals surface area contributed by atoms with E-state index in [1.165, 1.54) is 6.26 Å². The molecule has 0 amide bonds. The molecule has 3 aromatic heterocycles. The summed E-state index contributed by atoms with van der Waals surface area (Å²) >= 11 is 1.57. The van der Waals surface area contributed by atoms with Gasteiger partial charge in [0, 0.05) is 18.3 Å². The predicted molar refractivity (Wildman–Crippen MR) is 111 cm³/mol. The molecule has 0 unspecified atom stereocenters. The molecule has 1 saturated carbocycles. The number of ether oxygens (including phenoxy) is 1. The maximum atomic E-state index is 10.2. The van der Waals surface area contributed by atoms with Crippen molar-refractivity contribution in [2.75, 3.05) is 5.32 Å². The van der Waals surface area contributed by atoms with E-state index in [1.54, 1.807) is 35.9 Å². The van der Waals surface area contributed by atoms with E-state index in [2.05, 4.69) is 20.3 Å². The number of oxazole rings is 1. The van der Waals surface area contributed by atoms with Crippen LogP contribution in [-0.4, -0.2) is 32.2 Å². The first-order valence-corrected chi connectivity index (χ1v) is 10.5. The monoisotopic (exact) mass is 408 g/mol. The van der Waals surface area contributed by atoms with Gasteiger partial charge in [-0.05, 0) is 31.0 Å². The van der Waals surface area contributed by atoms with Gasteiger partial charge in [0.15, 0.2) is 5.13 Å². The number of fused-ring (bicyclic) bond motifs is 1. The van der Waals surface area contributed by atoms with Crippen LogP contribution in [0.2, 0.25) is 0 Å². The molecule has 0 saturated heterocycles. The zero-order valence-corrected chi connectivity index (χ0v) is 16.4. The Morgan fingerprint density at radius 3 is 2.83 bits per heavy atom. The number of thiazole rings is 1. The fourth-order valence-electron chi connectivity index (χ4n) is 3.55. The molecule has 5 rings (SSSR count). The van der Waals surface area contributed by atoms with Crippen molar-refractivity contribution in [3.8, 4) is 23.1 Å². The third-order valence-electron chi connectivity index (χ3n) is 5.02. The molecule has 1 aliphatic carbocycles. The average molecular weight is 408 g/mol. The molecule has 29 heavy (non-hydrogen) atoms. The zero-order valence-electron chi connectivity index (χ0n) is 15.6. The summed E-state index contributed by atoms with van der Waals surface area (Å²) in [5.41, 5.74) is 1.52. The number of nitrogens with zero attached hydrogens (tertiary/aromatic N) is 3. The van der Waals surface area contributed by atoms with Crippen LogP contribution in [0.15, 0.2) is 53.4 Å². The first-order chi connectivity index (χ1) is 14.2. The highest BCUT2D eigenvalue weighted by Gasteiger charge is 2.23. The number of aromatic nitrogens is 3. The average Bonchev–Trinajstić information content (AvgIpc) is 3.39. The number of aliphatic hydroxyl groups is 1. The van der Waals surface area contributed by atoms with Crippen molar-refractivity contribution < 1.29 is 14.3 Å². The normalized spacial score (nSPS) is 19.3. The zero-order chi connectivity index (χ0) is 19.6. The van der Waals surface area contributed by atoms with Crippen molar-refractivity contribution in [2.45, 2.75) is 37.8 Å². The number of pyridine rings is 1. The molecule has 4 aromatic rings. The van der Waals surface area contributed by atoms with Gasteiger partial charge < -0.3 is 19.6 Å². The van der Waals surface area contributed by atoms with Crippen molar-refractivity contribution in [2.24, 2.45) is 0 Å². The van der Waals surface area contributed by atoms with Crippen LogP contribution in [-0.2, 0) is 0 Å². The lowest BCUT2D eigenvalue weighted by Gasteiger charge is -2.27. The van der Waals surface area contributed by atoms with E-state index in [4.69, 9.17) is 9.15 Å². The van der Waals surface area contributed by atoms with E-state index in [9.17, 15) is 5.11 Å². The number of hydrogen-bond donors (Lipinski definition) is 2. The maximum absolute atomic E-state index is 10.2. The predicted octanol–water partition coefficient (Wildman–Crippen LogP) is 4.85. The Balaban J connectivity index is 1.34. The van der Waals surface area contributed by atoms with Gasteiger partial charge in [-0.2, -0.15) is 0 Å². The van der Waals surface area contributed by atoms with E-state index < -0.39 is 0 Å². The topological polar surface area (TPSA) is 93.3 Å². The fraction of sp³-hybridized carbons (Fsp3) is 0.286. The molecule has 0 bridgehead atoms. The van der Waals surface area contributed by atoms with Crippen LogP contribution >= 0.6 is 11.3 Å². The molecule has 1 aromatic carbocycles. The van der Waals surface area contributed by atoms with Crippen LogP contribution < -0.4 is 10.1 Å². The van der Waals surface area contributed by atoms with Crippen molar-refractivity contribution in [3.63, 3.8) is 0 Å². The number of hydrogen-bond acceptors (Lipinski definition) is 8. The van der Waals surface area contributed by atoms with Gasteiger partial charge in [0.1, 0.15) is 23.5 Å². The molecule has 3 heterocycles. The minimum atomic E-state index is -0.306. The summed E-state index contributed by atoms with van der Waals surface area (Å²) in [5.74, 6) is 1.82. The largest absolute Gasteiger partial charge is 0.457 e. The summed E-state index contributed by atoms with van der Waals surface area (Å²) in [6, 6.07) is 9.47. The summed E-state index contributed by atoms with van der Waals surface area (Å²) < 4.78 is 12.3. The van der Waals surface area contributed by atoms with E-state index in [-0.39, 0.29) is 12.1 Å². The van der Waals surface area contributed by atoms with Gasteiger partial charge in [0.2, 0.25) is 5.89 Å². The van der Waals surface area contributed by atoms with Gasteiger partial charge in [-0.15, -0.1) is 0 Å². The van der Waals surface area contributed by atoms with Gasteiger partial charge in [-0.25, -0.2) is 9.97 Å². The summed E-state index contributed by atoms with van der Waals surface area (Å²) in [6.07, 6.45) is 8.51. The van der Waals surface area contributed by atoms with Gasteiger partial charge >= 0.3 is 0 Å². The Morgan fingerprint density at radius 2 is 1.97 bits per heavy atom. The van der Waals surface area contributed by atoms with Crippen molar-refractivity contribution in [1.29, 1.82) is 0 Å². The van der Waals surface area contributed by atoms with Crippen LogP contribution in [0.5, 0.6) is 11.5 Å². The number of anilines is 1. The van der Waals surface area contributed by atoms with E-state index in [0.717, 1.165) is 46.8 Å². The summed E-state index contributed by atoms with van der Waals surface area (Å²) in [6.45, 7) is 0. The second-order valence-electron chi connectivity index (χ2n) is 7.07. The van der Waals surface area contributed by atoms with Gasteiger partial charge in [0.05, 0.1) is 28.6 Å². The van der Waals surface area contributed by atoms with Crippen LogP contribution in [0.25, 0.3) is 21.8 Å². The smallest absolute Gasteiger partial charge is 0.245 e. The molecule has 0 radical (unpaired) electrons. The quantitative estimate of drug-likeness (QED) is 0.487. The number of nitrogens with one attached hydrogen (secondary N) is 1. The molecule has 0 aliphatic heterocycles. The van der Waals surface area contributed by atoms with Crippen molar-refractivity contribution in [3.05, 3.63) is 49.0 Å². The Hall–Kier alpha value is -2.97. The lowest BCUT2D eigenvalue weighted by atomic mass is 9.93. The molecule has 2 N–H and O–H groups in total. The minimum Gasteiger partial charge on any atom is -0.457 e. The summed E-state index contributed by atoms with van der Waals surface area (Å²) in [5, 5.41) is 14.4. The summed E-state index contributed by atoms with van der Waals surface area (Å²) in [4.78, 5) is 13.0. The number of rotatable bonds is 5. The first kappa shape index (κ1) is 18.1. The minimum absolute atomic E-state index is 0.0745. The molecule has 8 heteroatoms. The Bertz CT molecular complexity index is 1110. The molecular weight excluding hydrogens is 388 g/mol. The third kappa shape index (κ3) is 3.94. The van der Waals surface area contributed by atoms with E-state index >= 15 is 0 Å². The SMILES string of the molecule is O[C@@H]1CCCC[C@H]1Nc1nc2ccc(Oc3ccnc(-c4ncco4)c3)cc2s1. The lowest BCUT2D eigenvalue weighted by molar-refractivity contribution is 0.116. The van der Waals surface area contributed by atoms with E-state index in [1.807, 2.05) is 18.2 Å². The van der Waals surface area contributed by atoms with Gasteiger partial charge in [-0.3, -0.25) is 4.98 Å². The standard InChI is InChI=1S/C21H20N4O3S/c26-18-4-2-1-3-15(18)24-21-25-16-6-5-13(12-19(16)29-21)28-14-7-8-22-17(11-14)20-23-9-10-27-20/h5-12,15,18,26H,1-4H2,(H,24,25)/t15-,18-/m1/s1. The second-order valence-corrected chi connectivity index (χ2v) is 8.10. The number of aliphatic hydroxyl groups excluding tert-OH is 1. The molecule has 148 valence electrons. The maximum Gasteiger partial charge on any atom is 0.245 e. The second kappa shape index (κ2) is 7.81. The van der Waals surface area contributed by atoms with Crippen LogP contribution in [0.4, 0.5) is 5.13 Å². The molecule has 2 atom stereocenters. The highest BCUT2D eigenvalue weighted by atomic mass is 32.1. The third-order valence-corrected chi connectivity index (χ3v) is 5.97. The Kier molecular flexibility index (Phi) is 4.87. The highest BCUT2D eigenvalue weighted by Crippen LogP contribution is 2.33. The van der Waals surface area contributed by atoms with E-state index in [0.29, 0.717) is 17.3 Å².